The summed E-state index contributed by atoms with van der Waals surface area (Å²) < 4.78 is 27.4. The highest BCUT2D eigenvalue weighted by Crippen LogP contribution is 2.35. The highest BCUT2D eigenvalue weighted by atomic mass is 35.5. The van der Waals surface area contributed by atoms with Crippen LogP contribution < -0.4 is 5.32 Å². The number of carbonyl (C=O) groups excluding carboxylic acids is 2. The van der Waals surface area contributed by atoms with E-state index >= 15 is 0 Å². The first-order chi connectivity index (χ1) is 11.9. The Kier molecular flexibility index (Phi) is 4.72. The van der Waals surface area contributed by atoms with E-state index in [1.807, 2.05) is 0 Å². The molecule has 4 nitrogen and oxygen atoms in total. The van der Waals surface area contributed by atoms with E-state index in [0.717, 1.165) is 6.07 Å². The molecule has 3 rings (SSSR count). The molecule has 2 amide bonds. The molecule has 0 aliphatic carbocycles. The molecule has 0 bridgehead atoms. The summed E-state index contributed by atoms with van der Waals surface area (Å²) in [6.07, 6.45) is 0. The van der Waals surface area contributed by atoms with Crippen LogP contribution in [0.2, 0.25) is 5.02 Å². The first-order valence-corrected chi connectivity index (χ1v) is 8.01. The number of benzene rings is 2. The van der Waals surface area contributed by atoms with Crippen LogP contribution in [0.15, 0.2) is 42.5 Å². The molecular formula is C18H15ClF2N2O2. The van der Waals surface area contributed by atoms with E-state index in [9.17, 15) is 18.4 Å². The van der Waals surface area contributed by atoms with Gasteiger partial charge < -0.3 is 10.2 Å². The minimum absolute atomic E-state index is 0.00845. The second kappa shape index (κ2) is 6.80. The van der Waals surface area contributed by atoms with Crippen LogP contribution in [-0.2, 0) is 9.59 Å². The first kappa shape index (κ1) is 17.4. The molecule has 0 spiro atoms. The molecule has 1 aliphatic rings. The fourth-order valence-electron chi connectivity index (χ4n) is 3.05. The van der Waals surface area contributed by atoms with E-state index in [1.54, 1.807) is 13.1 Å². The van der Waals surface area contributed by atoms with Gasteiger partial charge in [0.05, 0.1) is 5.69 Å². The molecule has 1 N–H and O–H groups in total. The minimum Gasteiger partial charge on any atom is -0.344 e. The lowest BCUT2D eigenvalue weighted by Crippen LogP contribution is -2.33. The third kappa shape index (κ3) is 3.49. The van der Waals surface area contributed by atoms with Crippen molar-refractivity contribution >= 4 is 29.1 Å². The Labute approximate surface area is 148 Å². The largest absolute Gasteiger partial charge is 0.344 e. The third-order valence-electron chi connectivity index (χ3n) is 4.24. The number of amides is 2. The van der Waals surface area contributed by atoms with E-state index in [4.69, 9.17) is 11.6 Å². The molecule has 7 heteroatoms. The van der Waals surface area contributed by atoms with Gasteiger partial charge in [-0.2, -0.15) is 0 Å². The lowest BCUT2D eigenvalue weighted by molar-refractivity contribution is -0.135. The molecule has 2 atom stereocenters. The van der Waals surface area contributed by atoms with Crippen LogP contribution in [0.4, 0.5) is 14.5 Å². The van der Waals surface area contributed by atoms with Gasteiger partial charge in [-0.15, -0.1) is 0 Å². The van der Waals surface area contributed by atoms with Crippen molar-refractivity contribution in [2.24, 2.45) is 5.92 Å². The topological polar surface area (TPSA) is 49.4 Å². The third-order valence-corrected chi connectivity index (χ3v) is 4.46. The van der Waals surface area contributed by atoms with E-state index in [-0.39, 0.29) is 17.3 Å². The van der Waals surface area contributed by atoms with Crippen LogP contribution in [0, 0.1) is 17.6 Å². The summed E-state index contributed by atoms with van der Waals surface area (Å²) >= 11 is 5.89. The summed E-state index contributed by atoms with van der Waals surface area (Å²) in [5, 5.41) is 2.63. The molecule has 1 heterocycles. The van der Waals surface area contributed by atoms with Gasteiger partial charge in [0.15, 0.2) is 0 Å². The standard InChI is InChI=1S/C18H15ClF2N2O2/c1-23-9-13(10-6-11(19)8-12(20)7-10)16(18(23)25)17(24)22-15-5-3-2-4-14(15)21/h2-8,13,16H,9H2,1H3,(H,22,24)/t13-,16+/m1/s1. The van der Waals surface area contributed by atoms with Gasteiger partial charge in [0.2, 0.25) is 11.8 Å². The Morgan fingerprint density at radius 3 is 2.64 bits per heavy atom. The molecule has 2 aromatic carbocycles. The summed E-state index contributed by atoms with van der Waals surface area (Å²) in [6.45, 7) is 0.244. The van der Waals surface area contributed by atoms with Gasteiger partial charge in [-0.05, 0) is 35.9 Å². The number of carbonyl (C=O) groups is 2. The van der Waals surface area contributed by atoms with Gasteiger partial charge in [-0.25, -0.2) is 8.78 Å². The molecule has 0 unspecified atom stereocenters. The van der Waals surface area contributed by atoms with E-state index in [0.29, 0.717) is 5.56 Å². The van der Waals surface area contributed by atoms with Crippen LogP contribution in [0.1, 0.15) is 11.5 Å². The zero-order valence-electron chi connectivity index (χ0n) is 13.3. The maximum atomic E-state index is 13.8. The van der Waals surface area contributed by atoms with Gasteiger partial charge in [0, 0.05) is 24.5 Å². The summed E-state index contributed by atoms with van der Waals surface area (Å²) in [7, 11) is 1.56. The average molecular weight is 365 g/mol. The summed E-state index contributed by atoms with van der Waals surface area (Å²) in [4.78, 5) is 26.4. The number of nitrogens with zero attached hydrogens (tertiary/aromatic N) is 1. The second-order valence-corrected chi connectivity index (χ2v) is 6.41. The van der Waals surface area contributed by atoms with Crippen LogP contribution in [0.25, 0.3) is 0 Å². The zero-order valence-corrected chi connectivity index (χ0v) is 14.1. The number of hydrogen-bond acceptors (Lipinski definition) is 2. The lowest BCUT2D eigenvalue weighted by Gasteiger charge is -2.17. The molecule has 1 aliphatic heterocycles. The molecule has 2 aromatic rings. The number of rotatable bonds is 3. The Morgan fingerprint density at radius 2 is 1.96 bits per heavy atom. The van der Waals surface area contributed by atoms with Crippen molar-refractivity contribution in [3.63, 3.8) is 0 Å². The van der Waals surface area contributed by atoms with Gasteiger partial charge >= 0.3 is 0 Å². The summed E-state index contributed by atoms with van der Waals surface area (Å²) in [6, 6.07) is 9.63. The van der Waals surface area contributed by atoms with Gasteiger partial charge in [-0.3, -0.25) is 9.59 Å². The van der Waals surface area contributed by atoms with Crippen molar-refractivity contribution < 1.29 is 18.4 Å². The Morgan fingerprint density at radius 1 is 1.24 bits per heavy atom. The second-order valence-electron chi connectivity index (χ2n) is 5.97. The number of likely N-dealkylation sites (tertiary alicyclic amines) is 1. The van der Waals surface area contributed by atoms with Crippen molar-refractivity contribution in [1.82, 2.24) is 4.90 Å². The maximum absolute atomic E-state index is 13.8. The minimum atomic E-state index is -1.08. The van der Waals surface area contributed by atoms with Gasteiger partial charge in [-0.1, -0.05) is 23.7 Å². The first-order valence-electron chi connectivity index (χ1n) is 7.63. The quantitative estimate of drug-likeness (QED) is 0.848. The molecule has 130 valence electrons. The van der Waals surface area contributed by atoms with Crippen molar-refractivity contribution in [3.8, 4) is 0 Å². The van der Waals surface area contributed by atoms with Gasteiger partial charge in [0.25, 0.3) is 0 Å². The number of anilines is 1. The smallest absolute Gasteiger partial charge is 0.237 e. The van der Waals surface area contributed by atoms with Gasteiger partial charge in [0.1, 0.15) is 17.6 Å². The fourth-order valence-corrected chi connectivity index (χ4v) is 3.29. The molecule has 0 aromatic heterocycles. The lowest BCUT2D eigenvalue weighted by atomic mass is 9.87. The Balaban J connectivity index is 1.92. The molecule has 25 heavy (non-hydrogen) atoms. The molecule has 0 radical (unpaired) electrons. The van der Waals surface area contributed by atoms with Crippen molar-refractivity contribution in [1.29, 1.82) is 0 Å². The van der Waals surface area contributed by atoms with Crippen LogP contribution in [-0.4, -0.2) is 30.3 Å². The van der Waals surface area contributed by atoms with Crippen LogP contribution >= 0.6 is 11.6 Å². The van der Waals surface area contributed by atoms with E-state index in [2.05, 4.69) is 5.32 Å². The number of likely N-dealkylation sites (N-methyl/N-ethyl adjacent to an activating group) is 1. The maximum Gasteiger partial charge on any atom is 0.237 e. The molecule has 0 saturated carbocycles. The normalized spacial score (nSPS) is 20.0. The predicted octanol–water partition coefficient (Wildman–Crippen LogP) is 3.43. The van der Waals surface area contributed by atoms with Crippen LogP contribution in [0.5, 0.6) is 0 Å². The zero-order chi connectivity index (χ0) is 18.1. The molecule has 1 saturated heterocycles. The SMILES string of the molecule is CN1C[C@H](c2cc(F)cc(Cl)c2)[C@@H](C(=O)Nc2ccccc2F)C1=O. The van der Waals surface area contributed by atoms with Crippen molar-refractivity contribution in [3.05, 3.63) is 64.7 Å². The Bertz CT molecular complexity index is 823. The van der Waals surface area contributed by atoms with Crippen molar-refractivity contribution in [2.75, 3.05) is 18.9 Å². The van der Waals surface area contributed by atoms with Crippen LogP contribution in [0.3, 0.4) is 0 Å². The number of para-hydroxylation sites is 1. The van der Waals surface area contributed by atoms with E-state index < -0.39 is 35.3 Å². The highest BCUT2D eigenvalue weighted by Gasteiger charge is 2.44. The fraction of sp³-hybridized carbons (Fsp3) is 0.222. The highest BCUT2D eigenvalue weighted by molar-refractivity contribution is 6.30. The number of halogens is 3. The van der Waals surface area contributed by atoms with E-state index in [1.165, 1.54) is 35.2 Å². The molecular weight excluding hydrogens is 350 g/mol. The summed E-state index contributed by atoms with van der Waals surface area (Å²) in [5.41, 5.74) is 0.447. The summed E-state index contributed by atoms with van der Waals surface area (Å²) in [5.74, 6) is -3.83. The average Bonchev–Trinajstić information content (AvgIpc) is 2.84. The van der Waals surface area contributed by atoms with Crippen molar-refractivity contribution in [2.45, 2.75) is 5.92 Å². The molecule has 1 fully saturated rings. The number of nitrogens with one attached hydrogen (secondary N) is 1. The monoisotopic (exact) mass is 364 g/mol. The Hall–Kier alpha value is -2.47. The predicted molar refractivity (Wildman–Crippen MR) is 90.3 cm³/mol. The number of hydrogen-bond donors (Lipinski definition) is 1.